The number of benzene rings is 1. The summed E-state index contributed by atoms with van der Waals surface area (Å²) in [4.78, 5) is 11.8. The normalized spacial score (nSPS) is 22.7. The first-order valence-corrected chi connectivity index (χ1v) is 6.34. The SMILES string of the molecule is COc1ccc(C2CC3=C(CCCC3=O)O2)cc1. The number of carbonyl (C=O) groups is 1. The predicted molar refractivity (Wildman–Crippen MR) is 67.3 cm³/mol. The van der Waals surface area contributed by atoms with Gasteiger partial charge in [-0.05, 0) is 24.1 Å². The highest BCUT2D eigenvalue weighted by Crippen LogP contribution is 2.41. The Morgan fingerprint density at radius 3 is 2.67 bits per heavy atom. The van der Waals surface area contributed by atoms with E-state index in [0.717, 1.165) is 41.9 Å². The second-order valence-corrected chi connectivity index (χ2v) is 4.76. The third kappa shape index (κ3) is 1.90. The van der Waals surface area contributed by atoms with Crippen molar-refractivity contribution in [1.29, 1.82) is 0 Å². The molecule has 1 aromatic rings. The molecule has 94 valence electrons. The molecule has 0 N–H and O–H groups in total. The van der Waals surface area contributed by atoms with Gasteiger partial charge < -0.3 is 9.47 Å². The highest BCUT2D eigenvalue weighted by Gasteiger charge is 2.32. The van der Waals surface area contributed by atoms with Crippen LogP contribution in [0, 0.1) is 0 Å². The van der Waals surface area contributed by atoms with Crippen LogP contribution in [0.3, 0.4) is 0 Å². The van der Waals surface area contributed by atoms with Gasteiger partial charge in [-0.3, -0.25) is 4.79 Å². The first-order chi connectivity index (χ1) is 8.78. The van der Waals surface area contributed by atoms with Gasteiger partial charge in [0, 0.05) is 24.8 Å². The maximum atomic E-state index is 11.8. The summed E-state index contributed by atoms with van der Waals surface area (Å²) in [7, 11) is 1.65. The molecule has 1 atom stereocenters. The molecule has 18 heavy (non-hydrogen) atoms. The molecule has 3 rings (SSSR count). The summed E-state index contributed by atoms with van der Waals surface area (Å²) in [5.74, 6) is 2.03. The lowest BCUT2D eigenvalue weighted by Crippen LogP contribution is -2.07. The molecule has 0 bridgehead atoms. The van der Waals surface area contributed by atoms with Gasteiger partial charge in [0.1, 0.15) is 17.6 Å². The van der Waals surface area contributed by atoms with Gasteiger partial charge in [-0.1, -0.05) is 12.1 Å². The van der Waals surface area contributed by atoms with Crippen LogP contribution in [-0.4, -0.2) is 12.9 Å². The summed E-state index contributed by atoms with van der Waals surface area (Å²) in [6.07, 6.45) is 3.24. The Labute approximate surface area is 106 Å². The number of rotatable bonds is 2. The van der Waals surface area contributed by atoms with Crippen LogP contribution >= 0.6 is 0 Å². The lowest BCUT2D eigenvalue weighted by Gasteiger charge is -2.14. The highest BCUT2D eigenvalue weighted by atomic mass is 16.5. The fourth-order valence-electron chi connectivity index (χ4n) is 2.63. The molecule has 1 aliphatic carbocycles. The van der Waals surface area contributed by atoms with Gasteiger partial charge in [0.05, 0.1) is 7.11 Å². The maximum Gasteiger partial charge on any atom is 0.162 e. The molecule has 0 saturated carbocycles. The standard InChI is InChI=1S/C15H16O3/c1-17-11-7-5-10(6-8-11)15-9-12-13(16)3-2-4-14(12)18-15/h5-8,15H,2-4,9H2,1H3. The fraction of sp³-hybridized carbons (Fsp3) is 0.400. The van der Waals surface area contributed by atoms with E-state index in [4.69, 9.17) is 9.47 Å². The van der Waals surface area contributed by atoms with E-state index in [1.54, 1.807) is 7.11 Å². The minimum atomic E-state index is 0.00274. The number of Topliss-reactive ketones (excluding diaryl/α,β-unsaturated/α-hetero) is 1. The molecule has 0 saturated heterocycles. The summed E-state index contributed by atoms with van der Waals surface area (Å²) in [5.41, 5.74) is 2.03. The molecular weight excluding hydrogens is 228 g/mol. The summed E-state index contributed by atoms with van der Waals surface area (Å²) < 4.78 is 11.1. The molecule has 3 nitrogen and oxygen atoms in total. The van der Waals surface area contributed by atoms with Crippen molar-refractivity contribution in [3.8, 4) is 5.75 Å². The van der Waals surface area contributed by atoms with Crippen molar-refractivity contribution in [2.24, 2.45) is 0 Å². The lowest BCUT2D eigenvalue weighted by atomic mass is 9.93. The van der Waals surface area contributed by atoms with Crippen molar-refractivity contribution in [1.82, 2.24) is 0 Å². The Balaban J connectivity index is 1.78. The Kier molecular flexibility index (Phi) is 2.82. The molecule has 1 unspecified atom stereocenters. The van der Waals surface area contributed by atoms with Gasteiger partial charge in [-0.2, -0.15) is 0 Å². The molecule has 2 aliphatic rings. The fourth-order valence-corrected chi connectivity index (χ4v) is 2.63. The number of hydrogen-bond acceptors (Lipinski definition) is 3. The monoisotopic (exact) mass is 244 g/mol. The topological polar surface area (TPSA) is 35.5 Å². The highest BCUT2D eigenvalue weighted by molar-refractivity contribution is 5.97. The quantitative estimate of drug-likeness (QED) is 0.801. The molecule has 1 aromatic carbocycles. The second kappa shape index (κ2) is 4.48. The minimum absolute atomic E-state index is 0.00274. The molecule has 0 fully saturated rings. The van der Waals surface area contributed by atoms with E-state index >= 15 is 0 Å². The lowest BCUT2D eigenvalue weighted by molar-refractivity contribution is -0.116. The average molecular weight is 244 g/mol. The average Bonchev–Trinajstić information content (AvgIpc) is 2.84. The Bertz CT molecular complexity index is 499. The summed E-state index contributed by atoms with van der Waals surface area (Å²) in [6, 6.07) is 7.87. The first-order valence-electron chi connectivity index (χ1n) is 6.34. The van der Waals surface area contributed by atoms with Crippen molar-refractivity contribution < 1.29 is 14.3 Å². The van der Waals surface area contributed by atoms with Crippen molar-refractivity contribution in [3.63, 3.8) is 0 Å². The summed E-state index contributed by atoms with van der Waals surface area (Å²) >= 11 is 0. The van der Waals surface area contributed by atoms with Gasteiger partial charge >= 0.3 is 0 Å². The molecule has 0 spiro atoms. The van der Waals surface area contributed by atoms with Gasteiger partial charge in [-0.15, -0.1) is 0 Å². The number of ether oxygens (including phenoxy) is 2. The predicted octanol–water partition coefficient (Wildman–Crippen LogP) is 3.16. The van der Waals surface area contributed by atoms with E-state index in [1.165, 1.54) is 0 Å². The van der Waals surface area contributed by atoms with E-state index in [1.807, 2.05) is 24.3 Å². The van der Waals surface area contributed by atoms with Gasteiger partial charge in [0.25, 0.3) is 0 Å². The van der Waals surface area contributed by atoms with Gasteiger partial charge in [0.15, 0.2) is 5.78 Å². The van der Waals surface area contributed by atoms with E-state index in [2.05, 4.69) is 0 Å². The summed E-state index contributed by atoms with van der Waals surface area (Å²) in [6.45, 7) is 0. The van der Waals surface area contributed by atoms with Crippen LogP contribution in [0.15, 0.2) is 35.6 Å². The third-order valence-corrected chi connectivity index (χ3v) is 3.64. The number of hydrogen-bond donors (Lipinski definition) is 0. The Hall–Kier alpha value is -1.77. The number of carbonyl (C=O) groups excluding carboxylic acids is 1. The zero-order valence-electron chi connectivity index (χ0n) is 10.4. The molecule has 0 radical (unpaired) electrons. The molecule has 0 amide bonds. The summed E-state index contributed by atoms with van der Waals surface area (Å²) in [5, 5.41) is 0. The van der Waals surface area contributed by atoms with Crippen LogP contribution in [0.25, 0.3) is 0 Å². The van der Waals surface area contributed by atoms with Crippen molar-refractivity contribution in [2.45, 2.75) is 31.8 Å². The molecular formula is C15H16O3. The van der Waals surface area contributed by atoms with Crippen LogP contribution in [0.1, 0.15) is 37.4 Å². The largest absolute Gasteiger partial charge is 0.497 e. The van der Waals surface area contributed by atoms with Gasteiger partial charge in [0.2, 0.25) is 0 Å². The van der Waals surface area contributed by atoms with E-state index < -0.39 is 0 Å². The zero-order chi connectivity index (χ0) is 12.5. The molecule has 3 heteroatoms. The van der Waals surface area contributed by atoms with Crippen LogP contribution in [0.2, 0.25) is 0 Å². The van der Waals surface area contributed by atoms with E-state index in [0.29, 0.717) is 6.42 Å². The van der Waals surface area contributed by atoms with Crippen molar-refractivity contribution >= 4 is 5.78 Å². The van der Waals surface area contributed by atoms with Crippen LogP contribution < -0.4 is 4.74 Å². The van der Waals surface area contributed by atoms with Crippen LogP contribution in [-0.2, 0) is 9.53 Å². The number of ketones is 1. The van der Waals surface area contributed by atoms with Crippen LogP contribution in [0.4, 0.5) is 0 Å². The third-order valence-electron chi connectivity index (χ3n) is 3.64. The van der Waals surface area contributed by atoms with E-state index in [9.17, 15) is 4.79 Å². The number of methoxy groups -OCH3 is 1. The smallest absolute Gasteiger partial charge is 0.162 e. The minimum Gasteiger partial charge on any atom is -0.497 e. The number of allylic oxidation sites excluding steroid dienone is 1. The molecule has 1 aliphatic heterocycles. The van der Waals surface area contributed by atoms with Crippen molar-refractivity contribution in [3.05, 3.63) is 41.2 Å². The van der Waals surface area contributed by atoms with Crippen LogP contribution in [0.5, 0.6) is 5.75 Å². The van der Waals surface area contributed by atoms with Gasteiger partial charge in [-0.25, -0.2) is 0 Å². The molecule has 1 heterocycles. The Morgan fingerprint density at radius 1 is 1.22 bits per heavy atom. The second-order valence-electron chi connectivity index (χ2n) is 4.76. The zero-order valence-corrected chi connectivity index (χ0v) is 10.4. The van der Waals surface area contributed by atoms with E-state index in [-0.39, 0.29) is 11.9 Å². The molecule has 0 aromatic heterocycles. The maximum absolute atomic E-state index is 11.8. The van der Waals surface area contributed by atoms with Crippen molar-refractivity contribution in [2.75, 3.05) is 7.11 Å². The first kappa shape index (κ1) is 11.3. The Morgan fingerprint density at radius 2 is 2.00 bits per heavy atom.